The van der Waals surface area contributed by atoms with E-state index in [0.29, 0.717) is 16.1 Å². The summed E-state index contributed by atoms with van der Waals surface area (Å²) in [5, 5.41) is 12.1. The van der Waals surface area contributed by atoms with E-state index in [2.05, 4.69) is 15.5 Å². The number of nitrogens with zero attached hydrogens (tertiary/aromatic N) is 2. The first kappa shape index (κ1) is 20.2. The molecular formula is C23H18ClN3O2S. The molecule has 0 saturated heterocycles. The lowest BCUT2D eigenvalue weighted by molar-refractivity contribution is -0.119. The van der Waals surface area contributed by atoms with Crippen LogP contribution in [0.2, 0.25) is 5.02 Å². The van der Waals surface area contributed by atoms with Gasteiger partial charge in [-0.05, 0) is 35.4 Å². The number of amides is 1. The number of halogens is 1. The molecule has 1 unspecified atom stereocenters. The van der Waals surface area contributed by atoms with Crippen LogP contribution in [0, 0.1) is 0 Å². The van der Waals surface area contributed by atoms with Crippen LogP contribution in [0.3, 0.4) is 0 Å². The molecule has 0 radical (unpaired) electrons. The second-order valence-electron chi connectivity index (χ2n) is 6.49. The SMILES string of the molecule is O=C(CSc1nnc(-c2ccccc2)o1)NC(c1ccccc1)c1cccc(Cl)c1. The molecule has 4 rings (SSSR count). The van der Waals surface area contributed by atoms with Crippen molar-refractivity contribution in [1.82, 2.24) is 15.5 Å². The van der Waals surface area contributed by atoms with Gasteiger partial charge in [0.1, 0.15) is 0 Å². The minimum absolute atomic E-state index is 0.145. The van der Waals surface area contributed by atoms with E-state index in [4.69, 9.17) is 16.0 Å². The molecule has 0 fully saturated rings. The normalized spacial score (nSPS) is 11.8. The Bertz CT molecular complexity index is 1120. The minimum atomic E-state index is -0.305. The predicted molar refractivity (Wildman–Crippen MR) is 118 cm³/mol. The van der Waals surface area contributed by atoms with Gasteiger partial charge in [-0.2, -0.15) is 0 Å². The summed E-state index contributed by atoms with van der Waals surface area (Å²) in [6.07, 6.45) is 0. The van der Waals surface area contributed by atoms with Gasteiger partial charge in [-0.1, -0.05) is 84.0 Å². The average molecular weight is 436 g/mol. The molecule has 7 heteroatoms. The Balaban J connectivity index is 1.44. The molecule has 0 spiro atoms. The summed E-state index contributed by atoms with van der Waals surface area (Å²) in [5.74, 6) is 0.438. The summed E-state index contributed by atoms with van der Waals surface area (Å²) in [7, 11) is 0. The second-order valence-corrected chi connectivity index (χ2v) is 7.86. The number of hydrogen-bond donors (Lipinski definition) is 1. The molecule has 3 aromatic carbocycles. The Hall–Kier alpha value is -3.09. The Labute approximate surface area is 183 Å². The molecule has 30 heavy (non-hydrogen) atoms. The molecule has 0 saturated carbocycles. The highest BCUT2D eigenvalue weighted by Crippen LogP contribution is 2.26. The fraction of sp³-hybridized carbons (Fsp3) is 0.0870. The Morgan fingerprint density at radius 3 is 2.37 bits per heavy atom. The molecule has 1 amide bonds. The second kappa shape index (κ2) is 9.61. The standard InChI is InChI=1S/C23H18ClN3O2S/c24-19-13-7-12-18(14-19)21(16-8-3-1-4-9-16)25-20(28)15-30-23-27-26-22(29-23)17-10-5-2-6-11-17/h1-14,21H,15H2,(H,25,28). The molecule has 1 N–H and O–H groups in total. The summed E-state index contributed by atoms with van der Waals surface area (Å²) in [5.41, 5.74) is 2.73. The van der Waals surface area contributed by atoms with Crippen molar-refractivity contribution < 1.29 is 9.21 Å². The smallest absolute Gasteiger partial charge is 0.277 e. The van der Waals surface area contributed by atoms with E-state index in [-0.39, 0.29) is 17.7 Å². The molecule has 1 heterocycles. The average Bonchev–Trinajstić information content (AvgIpc) is 3.26. The van der Waals surface area contributed by atoms with Gasteiger partial charge in [0.25, 0.3) is 5.22 Å². The lowest BCUT2D eigenvalue weighted by Gasteiger charge is -2.20. The number of carbonyl (C=O) groups excluding carboxylic acids is 1. The number of carbonyl (C=O) groups is 1. The van der Waals surface area contributed by atoms with Crippen LogP contribution in [0.25, 0.3) is 11.5 Å². The number of thioether (sulfide) groups is 1. The number of benzene rings is 3. The van der Waals surface area contributed by atoms with E-state index >= 15 is 0 Å². The van der Waals surface area contributed by atoms with E-state index in [9.17, 15) is 4.79 Å². The first-order chi connectivity index (χ1) is 14.7. The van der Waals surface area contributed by atoms with Crippen LogP contribution in [0.1, 0.15) is 17.2 Å². The quantitative estimate of drug-likeness (QED) is 0.394. The zero-order valence-corrected chi connectivity index (χ0v) is 17.4. The monoisotopic (exact) mass is 435 g/mol. The van der Waals surface area contributed by atoms with E-state index in [1.165, 1.54) is 11.8 Å². The maximum atomic E-state index is 12.7. The van der Waals surface area contributed by atoms with Crippen LogP contribution in [0.15, 0.2) is 94.6 Å². The lowest BCUT2D eigenvalue weighted by Crippen LogP contribution is -2.30. The molecule has 1 aromatic heterocycles. The number of nitrogens with one attached hydrogen (secondary N) is 1. The molecule has 4 aromatic rings. The largest absolute Gasteiger partial charge is 0.411 e. The summed E-state index contributed by atoms with van der Waals surface area (Å²) in [6, 6.07) is 26.5. The topological polar surface area (TPSA) is 68.0 Å². The lowest BCUT2D eigenvalue weighted by atomic mass is 9.99. The first-order valence-electron chi connectivity index (χ1n) is 9.30. The van der Waals surface area contributed by atoms with Crippen molar-refractivity contribution in [3.05, 3.63) is 101 Å². The minimum Gasteiger partial charge on any atom is -0.411 e. The predicted octanol–water partition coefficient (Wildman–Crippen LogP) is 5.39. The van der Waals surface area contributed by atoms with Crippen LogP contribution < -0.4 is 5.32 Å². The molecule has 1 atom stereocenters. The van der Waals surface area contributed by atoms with Gasteiger partial charge in [-0.3, -0.25) is 4.79 Å². The van der Waals surface area contributed by atoms with E-state index in [1.807, 2.05) is 84.9 Å². The maximum absolute atomic E-state index is 12.7. The summed E-state index contributed by atoms with van der Waals surface area (Å²) < 4.78 is 5.65. The number of rotatable bonds is 7. The van der Waals surface area contributed by atoms with Gasteiger partial charge in [-0.25, -0.2) is 0 Å². The van der Waals surface area contributed by atoms with Gasteiger partial charge in [0.05, 0.1) is 11.8 Å². The molecule has 5 nitrogen and oxygen atoms in total. The Morgan fingerprint density at radius 2 is 1.63 bits per heavy atom. The van der Waals surface area contributed by atoms with Gasteiger partial charge < -0.3 is 9.73 Å². The molecule has 0 aliphatic carbocycles. The highest BCUT2D eigenvalue weighted by molar-refractivity contribution is 7.99. The third-order valence-corrected chi connectivity index (χ3v) is 5.43. The molecule has 0 bridgehead atoms. The van der Waals surface area contributed by atoms with Crippen molar-refractivity contribution in [1.29, 1.82) is 0 Å². The fourth-order valence-corrected chi connectivity index (χ4v) is 3.76. The number of hydrogen-bond acceptors (Lipinski definition) is 5. The van der Waals surface area contributed by atoms with Crippen molar-refractivity contribution in [3.8, 4) is 11.5 Å². The van der Waals surface area contributed by atoms with Crippen LogP contribution in [-0.4, -0.2) is 21.9 Å². The molecule has 0 aliphatic rings. The van der Waals surface area contributed by atoms with Gasteiger partial charge in [0.2, 0.25) is 11.8 Å². The summed E-state index contributed by atoms with van der Waals surface area (Å²) >= 11 is 7.36. The fourth-order valence-electron chi connectivity index (χ4n) is 2.99. The maximum Gasteiger partial charge on any atom is 0.277 e. The Morgan fingerprint density at radius 1 is 0.933 bits per heavy atom. The zero-order chi connectivity index (χ0) is 20.8. The summed E-state index contributed by atoms with van der Waals surface area (Å²) in [6.45, 7) is 0. The third kappa shape index (κ3) is 5.09. The van der Waals surface area contributed by atoms with Crippen molar-refractivity contribution in [2.75, 3.05) is 5.75 Å². The van der Waals surface area contributed by atoms with Gasteiger partial charge in [0.15, 0.2) is 0 Å². The van der Waals surface area contributed by atoms with E-state index in [0.717, 1.165) is 16.7 Å². The van der Waals surface area contributed by atoms with Gasteiger partial charge in [-0.15, -0.1) is 10.2 Å². The zero-order valence-electron chi connectivity index (χ0n) is 15.9. The summed E-state index contributed by atoms with van der Waals surface area (Å²) in [4.78, 5) is 12.7. The van der Waals surface area contributed by atoms with Gasteiger partial charge in [0, 0.05) is 10.6 Å². The molecule has 0 aliphatic heterocycles. The van der Waals surface area contributed by atoms with Crippen molar-refractivity contribution >= 4 is 29.3 Å². The van der Waals surface area contributed by atoms with Crippen LogP contribution >= 0.6 is 23.4 Å². The molecular weight excluding hydrogens is 418 g/mol. The van der Waals surface area contributed by atoms with E-state index in [1.54, 1.807) is 0 Å². The third-order valence-electron chi connectivity index (χ3n) is 4.37. The highest BCUT2D eigenvalue weighted by Gasteiger charge is 2.18. The Kier molecular flexibility index (Phi) is 6.47. The van der Waals surface area contributed by atoms with Crippen LogP contribution in [-0.2, 0) is 4.79 Å². The van der Waals surface area contributed by atoms with Crippen molar-refractivity contribution in [3.63, 3.8) is 0 Å². The highest BCUT2D eigenvalue weighted by atomic mass is 35.5. The van der Waals surface area contributed by atoms with Gasteiger partial charge >= 0.3 is 0 Å². The van der Waals surface area contributed by atoms with Crippen LogP contribution in [0.5, 0.6) is 0 Å². The van der Waals surface area contributed by atoms with Crippen molar-refractivity contribution in [2.24, 2.45) is 0 Å². The first-order valence-corrected chi connectivity index (χ1v) is 10.7. The number of aromatic nitrogens is 2. The molecule has 150 valence electrons. The van der Waals surface area contributed by atoms with E-state index < -0.39 is 0 Å². The van der Waals surface area contributed by atoms with Crippen LogP contribution in [0.4, 0.5) is 0 Å². The van der Waals surface area contributed by atoms with Crippen molar-refractivity contribution in [2.45, 2.75) is 11.3 Å².